The van der Waals surface area contributed by atoms with Gasteiger partial charge in [0.25, 0.3) is 0 Å². The zero-order valence-corrected chi connectivity index (χ0v) is 16.9. The number of fused-ring (bicyclic) bond motifs is 3. The van der Waals surface area contributed by atoms with Crippen LogP contribution in [0.5, 0.6) is 0 Å². The molecule has 27 heavy (non-hydrogen) atoms. The molecule has 0 bridgehead atoms. The summed E-state index contributed by atoms with van der Waals surface area (Å²) in [5.41, 5.74) is 5.81. The lowest BCUT2D eigenvalue weighted by molar-refractivity contribution is -0.137. The number of hydrogen-bond donors (Lipinski definition) is 1. The fourth-order valence-electron chi connectivity index (χ4n) is 3.61. The Morgan fingerprint density at radius 2 is 2.07 bits per heavy atom. The maximum absolute atomic E-state index is 11.5. The van der Waals surface area contributed by atoms with Crippen molar-refractivity contribution in [1.29, 1.82) is 0 Å². The van der Waals surface area contributed by atoms with Gasteiger partial charge in [0.1, 0.15) is 6.04 Å². The van der Waals surface area contributed by atoms with Crippen molar-refractivity contribution in [2.75, 3.05) is 0 Å². The van der Waals surface area contributed by atoms with Crippen LogP contribution >= 0.6 is 22.9 Å². The molecule has 7 heteroatoms. The molecule has 1 N–H and O–H groups in total. The van der Waals surface area contributed by atoms with Gasteiger partial charge in [-0.1, -0.05) is 22.8 Å². The van der Waals surface area contributed by atoms with Crippen molar-refractivity contribution in [3.05, 3.63) is 50.2 Å². The second kappa shape index (κ2) is 6.77. The summed E-state index contributed by atoms with van der Waals surface area (Å²) in [6.45, 7) is 6.07. The molecule has 0 fully saturated rings. The van der Waals surface area contributed by atoms with Crippen molar-refractivity contribution in [2.24, 2.45) is 4.99 Å². The summed E-state index contributed by atoms with van der Waals surface area (Å²) < 4.78 is 5.57. The largest absolute Gasteiger partial charge is 0.481 e. The monoisotopic (exact) mass is 402 g/mol. The first-order valence-electron chi connectivity index (χ1n) is 8.79. The fourth-order valence-corrected chi connectivity index (χ4v) is 5.04. The number of aryl methyl sites for hydroxylation is 2. The Bertz CT molecular complexity index is 1040. The lowest BCUT2D eigenvalue weighted by Crippen LogP contribution is -2.11. The second-order valence-corrected chi connectivity index (χ2v) is 8.60. The van der Waals surface area contributed by atoms with Gasteiger partial charge in [0, 0.05) is 20.4 Å². The number of halogens is 1. The third kappa shape index (κ3) is 3.07. The molecule has 0 aromatic carbocycles. The van der Waals surface area contributed by atoms with E-state index in [2.05, 4.69) is 19.0 Å². The number of nitrogens with zero attached hydrogens (tertiary/aromatic N) is 2. The standard InChI is InChI=1S/C20H19ClN2O3S/c1-9-11(3)27-20-16(9)18(12-4-6-13(21)7-5-12)22-14(8-15(24)25)19-17(20)10(2)23-26-19/h4,6,14H,5,7-8H2,1-3H3,(H,24,25)/t14-/m0/s1. The molecule has 3 heterocycles. The van der Waals surface area contributed by atoms with Crippen LogP contribution in [0.25, 0.3) is 10.4 Å². The Hall–Kier alpha value is -2.18. The van der Waals surface area contributed by atoms with Gasteiger partial charge in [-0.25, -0.2) is 0 Å². The van der Waals surface area contributed by atoms with E-state index in [1.165, 1.54) is 4.88 Å². The van der Waals surface area contributed by atoms with Crippen LogP contribution in [0.15, 0.2) is 32.3 Å². The fraction of sp³-hybridized carbons (Fsp3) is 0.350. The van der Waals surface area contributed by atoms with E-state index < -0.39 is 12.0 Å². The molecule has 2 aliphatic rings. The number of thiophene rings is 1. The van der Waals surface area contributed by atoms with Crippen LogP contribution in [0.2, 0.25) is 0 Å². The highest BCUT2D eigenvalue weighted by Gasteiger charge is 2.34. The predicted molar refractivity (Wildman–Crippen MR) is 107 cm³/mol. The summed E-state index contributed by atoms with van der Waals surface area (Å²) in [6.07, 6.45) is 5.30. The van der Waals surface area contributed by atoms with Crippen molar-refractivity contribution in [1.82, 2.24) is 5.16 Å². The first-order valence-corrected chi connectivity index (χ1v) is 9.98. The molecule has 1 aliphatic carbocycles. The summed E-state index contributed by atoms with van der Waals surface area (Å²) >= 11 is 7.82. The lowest BCUT2D eigenvalue weighted by atomic mass is 9.92. The summed E-state index contributed by atoms with van der Waals surface area (Å²) in [5.74, 6) is -0.376. The zero-order valence-electron chi connectivity index (χ0n) is 15.3. The quantitative estimate of drug-likeness (QED) is 0.736. The van der Waals surface area contributed by atoms with Crippen LogP contribution in [0, 0.1) is 20.8 Å². The van der Waals surface area contributed by atoms with Gasteiger partial charge in [0.2, 0.25) is 0 Å². The Kier molecular flexibility index (Phi) is 4.56. The Morgan fingerprint density at radius 1 is 1.30 bits per heavy atom. The normalized spacial score (nSPS) is 18.8. The maximum atomic E-state index is 11.5. The molecule has 0 amide bonds. The minimum absolute atomic E-state index is 0.137. The van der Waals surface area contributed by atoms with Crippen molar-refractivity contribution in [2.45, 2.75) is 46.1 Å². The molecule has 0 radical (unpaired) electrons. The van der Waals surface area contributed by atoms with Gasteiger partial charge in [-0.05, 0) is 50.8 Å². The third-order valence-electron chi connectivity index (χ3n) is 5.10. The topological polar surface area (TPSA) is 75.7 Å². The van der Waals surface area contributed by atoms with E-state index in [0.717, 1.165) is 56.4 Å². The van der Waals surface area contributed by atoms with E-state index in [-0.39, 0.29) is 6.42 Å². The molecule has 0 saturated heterocycles. The van der Waals surface area contributed by atoms with Crippen molar-refractivity contribution in [3.63, 3.8) is 0 Å². The Morgan fingerprint density at radius 3 is 2.74 bits per heavy atom. The van der Waals surface area contributed by atoms with Crippen molar-refractivity contribution < 1.29 is 14.4 Å². The van der Waals surface area contributed by atoms with Gasteiger partial charge in [-0.15, -0.1) is 11.3 Å². The van der Waals surface area contributed by atoms with Crippen LogP contribution in [-0.4, -0.2) is 21.9 Å². The minimum atomic E-state index is -0.915. The number of rotatable bonds is 3. The summed E-state index contributed by atoms with van der Waals surface area (Å²) in [4.78, 5) is 18.7. The van der Waals surface area contributed by atoms with Gasteiger partial charge < -0.3 is 9.63 Å². The van der Waals surface area contributed by atoms with E-state index in [4.69, 9.17) is 21.1 Å². The SMILES string of the molecule is Cc1noc2c1-c1sc(C)c(C)c1C(C1=CC=C(Cl)CC1)=N[C@H]2CC(=O)O. The highest BCUT2D eigenvalue weighted by Crippen LogP contribution is 2.46. The summed E-state index contributed by atoms with van der Waals surface area (Å²) in [5, 5.41) is 14.3. The van der Waals surface area contributed by atoms with Crippen LogP contribution in [0.4, 0.5) is 0 Å². The van der Waals surface area contributed by atoms with Gasteiger partial charge >= 0.3 is 5.97 Å². The molecule has 140 valence electrons. The van der Waals surface area contributed by atoms with Crippen LogP contribution < -0.4 is 0 Å². The van der Waals surface area contributed by atoms with E-state index >= 15 is 0 Å². The number of carboxylic acid groups (broad SMARTS) is 1. The van der Waals surface area contributed by atoms with Crippen LogP contribution in [-0.2, 0) is 4.79 Å². The third-order valence-corrected chi connectivity index (χ3v) is 6.64. The van der Waals surface area contributed by atoms with E-state index in [0.29, 0.717) is 5.76 Å². The van der Waals surface area contributed by atoms with E-state index in [9.17, 15) is 9.90 Å². The number of aliphatic imine (C=N–C) groups is 1. The number of aromatic nitrogens is 1. The second-order valence-electron chi connectivity index (χ2n) is 6.89. The van der Waals surface area contributed by atoms with Crippen molar-refractivity contribution in [3.8, 4) is 10.4 Å². The first-order chi connectivity index (χ1) is 12.9. The predicted octanol–water partition coefficient (Wildman–Crippen LogP) is 5.49. The molecule has 5 nitrogen and oxygen atoms in total. The number of aliphatic carboxylic acids is 1. The molecular weight excluding hydrogens is 384 g/mol. The molecule has 0 unspecified atom stereocenters. The molecule has 2 aromatic rings. The summed E-state index contributed by atoms with van der Waals surface area (Å²) in [6, 6.07) is -0.602. The van der Waals surface area contributed by atoms with Crippen molar-refractivity contribution >= 4 is 34.6 Å². The molecule has 1 aliphatic heterocycles. The van der Waals surface area contributed by atoms with Crippen LogP contribution in [0.1, 0.15) is 52.8 Å². The molecular formula is C20H19ClN2O3S. The molecule has 2 aromatic heterocycles. The molecule has 4 rings (SSSR count). The van der Waals surface area contributed by atoms with Gasteiger partial charge in [0.15, 0.2) is 5.76 Å². The average molecular weight is 403 g/mol. The Balaban J connectivity index is 2.00. The van der Waals surface area contributed by atoms with E-state index in [1.807, 2.05) is 19.1 Å². The highest BCUT2D eigenvalue weighted by molar-refractivity contribution is 7.16. The Labute approximate surface area is 166 Å². The number of hydrogen-bond acceptors (Lipinski definition) is 5. The number of carboxylic acids is 1. The molecule has 0 saturated carbocycles. The minimum Gasteiger partial charge on any atom is -0.481 e. The van der Waals surface area contributed by atoms with E-state index in [1.54, 1.807) is 11.3 Å². The smallest absolute Gasteiger partial charge is 0.306 e. The van der Waals surface area contributed by atoms with Gasteiger partial charge in [-0.3, -0.25) is 9.79 Å². The average Bonchev–Trinajstić information content (AvgIpc) is 3.08. The summed E-state index contributed by atoms with van der Waals surface area (Å²) in [7, 11) is 0. The van der Waals surface area contributed by atoms with Crippen LogP contribution in [0.3, 0.4) is 0 Å². The lowest BCUT2D eigenvalue weighted by Gasteiger charge is -2.16. The number of allylic oxidation sites excluding steroid dienone is 4. The maximum Gasteiger partial charge on any atom is 0.306 e. The number of carbonyl (C=O) groups is 1. The zero-order chi connectivity index (χ0) is 19.3. The first kappa shape index (κ1) is 18.2. The molecule has 0 spiro atoms. The van der Waals surface area contributed by atoms with Gasteiger partial charge in [-0.2, -0.15) is 0 Å². The molecule has 1 atom stereocenters. The van der Waals surface area contributed by atoms with Gasteiger partial charge in [0.05, 0.1) is 23.4 Å². The highest BCUT2D eigenvalue weighted by atomic mass is 35.5.